The quantitative estimate of drug-likeness (QED) is 0.700. The largest absolute Gasteiger partial charge is 0.416 e. The zero-order valence-corrected chi connectivity index (χ0v) is 15.6. The minimum atomic E-state index is -4.46. The summed E-state index contributed by atoms with van der Waals surface area (Å²) in [6.45, 7) is -0.417. The second kappa shape index (κ2) is 6.69. The van der Waals surface area contributed by atoms with Crippen molar-refractivity contribution in [3.63, 3.8) is 0 Å². The van der Waals surface area contributed by atoms with Gasteiger partial charge in [-0.05, 0) is 36.6 Å². The van der Waals surface area contributed by atoms with Crippen LogP contribution in [0.4, 0.5) is 23.4 Å². The highest BCUT2D eigenvalue weighted by atomic mass is 35.5. The Hall–Kier alpha value is -2.68. The molecule has 5 nitrogen and oxygen atoms in total. The van der Waals surface area contributed by atoms with E-state index in [1.54, 1.807) is 0 Å². The summed E-state index contributed by atoms with van der Waals surface area (Å²) >= 11 is 5.69. The van der Waals surface area contributed by atoms with Crippen molar-refractivity contribution in [3.8, 4) is 0 Å². The molecule has 152 valence electrons. The summed E-state index contributed by atoms with van der Waals surface area (Å²) in [7, 11) is 0. The number of hydrogen-bond donors (Lipinski definition) is 0. The first-order valence-corrected chi connectivity index (χ1v) is 9.09. The molecular formula is C19H14ClF4N3O2. The SMILES string of the molecule is O=C1CN(c2ncc(Cl)cc2F)C(=O)C2(CC2)N1Cc1ccc(C(F)(F)F)cc1. The molecule has 1 aromatic heterocycles. The molecule has 1 aromatic carbocycles. The van der Waals surface area contributed by atoms with E-state index < -0.39 is 41.5 Å². The van der Waals surface area contributed by atoms with Crippen LogP contribution in [0.1, 0.15) is 24.0 Å². The molecule has 1 aliphatic heterocycles. The molecule has 10 heteroatoms. The third-order valence-electron chi connectivity index (χ3n) is 5.14. The van der Waals surface area contributed by atoms with E-state index in [0.717, 1.165) is 23.1 Å². The topological polar surface area (TPSA) is 53.5 Å². The van der Waals surface area contributed by atoms with E-state index in [-0.39, 0.29) is 17.4 Å². The molecule has 0 bridgehead atoms. The standard InChI is InChI=1S/C19H14ClF4N3O2/c20-13-7-14(21)16(25-8-13)26-10-15(28)27(18(5-6-18)17(26)29)9-11-1-3-12(4-2-11)19(22,23)24/h1-4,7-8H,5-6,9-10H2. The lowest BCUT2D eigenvalue weighted by atomic mass is 10.1. The summed E-state index contributed by atoms with van der Waals surface area (Å²) in [6, 6.07) is 5.44. The van der Waals surface area contributed by atoms with Gasteiger partial charge in [-0.2, -0.15) is 13.2 Å². The number of halogens is 5. The minimum Gasteiger partial charge on any atom is -0.322 e. The van der Waals surface area contributed by atoms with Gasteiger partial charge in [0.15, 0.2) is 11.6 Å². The number of alkyl halides is 3. The second-order valence-electron chi connectivity index (χ2n) is 7.06. The second-order valence-corrected chi connectivity index (χ2v) is 7.49. The van der Waals surface area contributed by atoms with Gasteiger partial charge in [-0.25, -0.2) is 9.37 Å². The van der Waals surface area contributed by atoms with Crippen LogP contribution in [-0.2, 0) is 22.3 Å². The van der Waals surface area contributed by atoms with Gasteiger partial charge < -0.3 is 4.90 Å². The number of carbonyl (C=O) groups excluding carboxylic acids is 2. The Labute approximate surface area is 167 Å². The van der Waals surface area contributed by atoms with Gasteiger partial charge in [-0.15, -0.1) is 0 Å². The zero-order chi connectivity index (χ0) is 21.0. The van der Waals surface area contributed by atoms with Crippen molar-refractivity contribution in [3.05, 3.63) is 58.5 Å². The summed E-state index contributed by atoms with van der Waals surface area (Å²) in [4.78, 5) is 32.0. The monoisotopic (exact) mass is 427 g/mol. The van der Waals surface area contributed by atoms with Crippen LogP contribution in [0.3, 0.4) is 0 Å². The lowest BCUT2D eigenvalue weighted by Gasteiger charge is -2.40. The van der Waals surface area contributed by atoms with Crippen LogP contribution in [0.25, 0.3) is 0 Å². The molecular weight excluding hydrogens is 414 g/mol. The highest BCUT2D eigenvalue weighted by Gasteiger charge is 2.61. The Bertz CT molecular complexity index is 990. The number of carbonyl (C=O) groups is 2. The smallest absolute Gasteiger partial charge is 0.322 e. The van der Waals surface area contributed by atoms with E-state index in [9.17, 15) is 27.2 Å². The van der Waals surface area contributed by atoms with E-state index in [4.69, 9.17) is 11.6 Å². The van der Waals surface area contributed by atoms with Gasteiger partial charge in [0.2, 0.25) is 5.91 Å². The van der Waals surface area contributed by atoms with Gasteiger partial charge in [-0.3, -0.25) is 14.5 Å². The van der Waals surface area contributed by atoms with Gasteiger partial charge >= 0.3 is 6.18 Å². The van der Waals surface area contributed by atoms with Gasteiger partial charge in [0.05, 0.1) is 10.6 Å². The Kier molecular flexibility index (Phi) is 4.53. The Balaban J connectivity index is 1.58. The normalized spacial score (nSPS) is 18.5. The number of pyridine rings is 1. The molecule has 0 radical (unpaired) electrons. The Morgan fingerprint density at radius 1 is 1.14 bits per heavy atom. The molecule has 2 aliphatic rings. The summed E-state index contributed by atoms with van der Waals surface area (Å²) in [5, 5.41) is 0.0621. The zero-order valence-electron chi connectivity index (χ0n) is 14.8. The maximum absolute atomic E-state index is 14.2. The number of amides is 2. The molecule has 1 saturated heterocycles. The molecule has 2 fully saturated rings. The van der Waals surface area contributed by atoms with Crippen LogP contribution in [0, 0.1) is 5.82 Å². The van der Waals surface area contributed by atoms with Gasteiger partial charge in [0, 0.05) is 12.7 Å². The van der Waals surface area contributed by atoms with Crippen LogP contribution in [-0.4, -0.2) is 33.8 Å². The van der Waals surface area contributed by atoms with Crippen molar-refractivity contribution in [1.82, 2.24) is 9.88 Å². The molecule has 0 N–H and O–H groups in total. The number of rotatable bonds is 3. The molecule has 2 aromatic rings. The van der Waals surface area contributed by atoms with Crippen molar-refractivity contribution < 1.29 is 27.2 Å². The highest BCUT2D eigenvalue weighted by molar-refractivity contribution is 6.30. The van der Waals surface area contributed by atoms with E-state index in [2.05, 4.69) is 4.98 Å². The number of hydrogen-bond acceptors (Lipinski definition) is 3. The van der Waals surface area contributed by atoms with Gasteiger partial charge in [0.25, 0.3) is 5.91 Å². The van der Waals surface area contributed by atoms with E-state index in [1.165, 1.54) is 23.2 Å². The first-order valence-electron chi connectivity index (χ1n) is 8.71. The summed E-state index contributed by atoms with van der Waals surface area (Å²) in [5.41, 5.74) is -1.44. The van der Waals surface area contributed by atoms with E-state index in [0.29, 0.717) is 18.4 Å². The number of benzene rings is 1. The predicted octanol–water partition coefficient (Wildman–Crippen LogP) is 3.80. The van der Waals surface area contributed by atoms with Crippen LogP contribution in [0.15, 0.2) is 36.5 Å². The lowest BCUT2D eigenvalue weighted by Crippen LogP contribution is -2.61. The number of nitrogens with zero attached hydrogens (tertiary/aromatic N) is 3. The van der Waals surface area contributed by atoms with Crippen LogP contribution < -0.4 is 4.90 Å². The number of anilines is 1. The highest BCUT2D eigenvalue weighted by Crippen LogP contribution is 2.47. The molecule has 29 heavy (non-hydrogen) atoms. The maximum atomic E-state index is 14.2. The summed E-state index contributed by atoms with van der Waals surface area (Å²) in [5.74, 6) is -1.98. The van der Waals surface area contributed by atoms with Gasteiger partial charge in [0.1, 0.15) is 12.1 Å². The van der Waals surface area contributed by atoms with Crippen molar-refractivity contribution in [2.75, 3.05) is 11.4 Å². The predicted molar refractivity (Wildman–Crippen MR) is 95.5 cm³/mol. The summed E-state index contributed by atoms with van der Waals surface area (Å²) in [6.07, 6.45) is -2.48. The van der Waals surface area contributed by atoms with Crippen molar-refractivity contribution in [2.45, 2.75) is 31.1 Å². The van der Waals surface area contributed by atoms with Crippen molar-refractivity contribution >= 4 is 29.2 Å². The maximum Gasteiger partial charge on any atom is 0.416 e. The lowest BCUT2D eigenvalue weighted by molar-refractivity contribution is -0.145. The average molecular weight is 428 g/mol. The molecule has 1 aliphatic carbocycles. The third kappa shape index (κ3) is 3.43. The first kappa shape index (κ1) is 19.6. The molecule has 4 rings (SSSR count). The van der Waals surface area contributed by atoms with Crippen LogP contribution >= 0.6 is 11.6 Å². The fourth-order valence-corrected chi connectivity index (χ4v) is 3.64. The Morgan fingerprint density at radius 2 is 1.79 bits per heavy atom. The van der Waals surface area contributed by atoms with Crippen molar-refractivity contribution in [1.29, 1.82) is 0 Å². The molecule has 0 atom stereocenters. The van der Waals surface area contributed by atoms with Crippen LogP contribution in [0.5, 0.6) is 0 Å². The van der Waals surface area contributed by atoms with Gasteiger partial charge in [-0.1, -0.05) is 23.7 Å². The Morgan fingerprint density at radius 3 is 2.34 bits per heavy atom. The number of piperazine rings is 1. The molecule has 2 heterocycles. The van der Waals surface area contributed by atoms with Crippen LogP contribution in [0.2, 0.25) is 5.02 Å². The van der Waals surface area contributed by atoms with Crippen molar-refractivity contribution in [2.24, 2.45) is 0 Å². The fourth-order valence-electron chi connectivity index (χ4n) is 3.50. The third-order valence-corrected chi connectivity index (χ3v) is 5.35. The molecule has 2 amide bonds. The molecule has 1 saturated carbocycles. The summed E-state index contributed by atoms with van der Waals surface area (Å²) < 4.78 is 52.4. The molecule has 0 unspecified atom stereocenters. The van der Waals surface area contributed by atoms with E-state index in [1.807, 2.05) is 0 Å². The first-order chi connectivity index (χ1) is 13.6. The van der Waals surface area contributed by atoms with E-state index >= 15 is 0 Å². The average Bonchev–Trinajstić information content (AvgIpc) is 3.44. The minimum absolute atomic E-state index is 0.00687. The fraction of sp³-hybridized carbons (Fsp3) is 0.316. The number of aromatic nitrogens is 1. The molecule has 1 spiro atoms.